The van der Waals surface area contributed by atoms with Gasteiger partial charge in [-0.2, -0.15) is 15.6 Å². The van der Waals surface area contributed by atoms with Crippen LogP contribution in [-0.2, 0) is 12.8 Å². The molecule has 24 heavy (non-hydrogen) atoms. The van der Waals surface area contributed by atoms with Crippen LogP contribution in [0, 0.1) is 22.7 Å². The van der Waals surface area contributed by atoms with Gasteiger partial charge in [0.25, 0.3) is 0 Å². The lowest BCUT2D eigenvalue weighted by atomic mass is 9.88. The van der Waals surface area contributed by atoms with Crippen molar-refractivity contribution in [3.8, 4) is 12.1 Å². The molecular weight excluding hydrogens is 298 g/mol. The molecule has 3 rings (SSSR count). The van der Waals surface area contributed by atoms with Crippen molar-refractivity contribution in [3.63, 3.8) is 0 Å². The largest absolute Gasteiger partial charge is 0.266 e. The van der Waals surface area contributed by atoms with E-state index >= 15 is 0 Å². The van der Waals surface area contributed by atoms with Crippen LogP contribution in [0.25, 0.3) is 0 Å². The molecular formula is C19H15N5. The maximum atomic E-state index is 8.96. The number of rotatable bonds is 5. The van der Waals surface area contributed by atoms with Gasteiger partial charge in [0.05, 0.1) is 23.3 Å². The minimum Gasteiger partial charge on any atom is -0.266 e. The topological polar surface area (TPSA) is 89.2 Å². The third-order valence-electron chi connectivity index (χ3n) is 3.97. The molecule has 5 heteroatoms. The molecule has 0 amide bonds. The fourth-order valence-corrected chi connectivity index (χ4v) is 2.69. The van der Waals surface area contributed by atoms with Crippen molar-refractivity contribution in [1.29, 1.82) is 10.5 Å². The first-order chi connectivity index (χ1) is 11.8. The second-order valence-corrected chi connectivity index (χ2v) is 5.56. The second kappa shape index (κ2) is 7.21. The van der Waals surface area contributed by atoms with Crippen LogP contribution in [0.15, 0.2) is 54.9 Å². The molecule has 0 saturated carbocycles. The summed E-state index contributed by atoms with van der Waals surface area (Å²) in [5.74, 6) is 0.958. The van der Waals surface area contributed by atoms with E-state index in [1.165, 1.54) is 0 Å². The van der Waals surface area contributed by atoms with Gasteiger partial charge < -0.3 is 0 Å². The highest BCUT2D eigenvalue weighted by Gasteiger charge is 2.15. The SMILES string of the molecule is N#Cc1ccc(CC(Cc2nc[nH]n2)c2ccc(C#N)cc2)cc1. The number of nitrogens with zero attached hydrogens (tertiary/aromatic N) is 4. The number of aromatic amines is 1. The number of nitriles is 2. The molecule has 1 aromatic heterocycles. The maximum absolute atomic E-state index is 8.96. The molecule has 1 atom stereocenters. The predicted octanol–water partition coefficient (Wildman–Crippen LogP) is 3.12. The summed E-state index contributed by atoms with van der Waals surface area (Å²) in [5, 5.41) is 24.8. The fraction of sp³-hybridized carbons (Fsp3) is 0.158. The lowest BCUT2D eigenvalue weighted by Crippen LogP contribution is -2.08. The third kappa shape index (κ3) is 3.66. The van der Waals surface area contributed by atoms with Gasteiger partial charge in [-0.25, -0.2) is 4.98 Å². The summed E-state index contributed by atoms with van der Waals surface area (Å²) in [4.78, 5) is 4.22. The van der Waals surface area contributed by atoms with Crippen molar-refractivity contribution < 1.29 is 0 Å². The van der Waals surface area contributed by atoms with Crippen molar-refractivity contribution in [2.24, 2.45) is 0 Å². The van der Waals surface area contributed by atoms with E-state index < -0.39 is 0 Å². The Labute approximate surface area is 140 Å². The van der Waals surface area contributed by atoms with E-state index in [9.17, 15) is 0 Å². The summed E-state index contributed by atoms with van der Waals surface area (Å²) >= 11 is 0. The summed E-state index contributed by atoms with van der Waals surface area (Å²) in [6, 6.07) is 19.5. The molecule has 5 nitrogen and oxygen atoms in total. The molecule has 0 radical (unpaired) electrons. The van der Waals surface area contributed by atoms with Crippen LogP contribution in [0.2, 0.25) is 0 Å². The first kappa shape index (κ1) is 15.5. The van der Waals surface area contributed by atoms with E-state index in [2.05, 4.69) is 27.3 Å². The zero-order chi connectivity index (χ0) is 16.8. The van der Waals surface area contributed by atoms with Gasteiger partial charge in [0.1, 0.15) is 6.33 Å². The molecule has 1 unspecified atom stereocenters. The minimum absolute atomic E-state index is 0.196. The standard InChI is InChI=1S/C19H15N5/c20-11-15-3-1-14(2-4-15)9-18(10-19-22-13-23-24-19)17-7-5-16(12-21)6-8-17/h1-8,13,18H,9-10H2,(H,22,23,24). The Kier molecular flexibility index (Phi) is 4.65. The molecule has 0 spiro atoms. The first-order valence-electron chi connectivity index (χ1n) is 7.62. The van der Waals surface area contributed by atoms with Gasteiger partial charge in [0, 0.05) is 6.42 Å². The van der Waals surface area contributed by atoms with Crippen molar-refractivity contribution in [3.05, 3.63) is 82.9 Å². The van der Waals surface area contributed by atoms with Gasteiger partial charge in [-0.1, -0.05) is 24.3 Å². The number of H-pyrrole nitrogens is 1. The Hall–Kier alpha value is -3.44. The van der Waals surface area contributed by atoms with Crippen molar-refractivity contribution >= 4 is 0 Å². The number of hydrogen-bond acceptors (Lipinski definition) is 4. The number of hydrogen-bond donors (Lipinski definition) is 1. The van der Waals surface area contributed by atoms with E-state index in [4.69, 9.17) is 10.5 Å². The number of aromatic nitrogens is 3. The predicted molar refractivity (Wildman–Crippen MR) is 88.8 cm³/mol. The molecule has 0 bridgehead atoms. The molecule has 116 valence electrons. The zero-order valence-corrected chi connectivity index (χ0v) is 13.0. The highest BCUT2D eigenvalue weighted by Crippen LogP contribution is 2.25. The Bertz CT molecular complexity index is 866. The smallest absolute Gasteiger partial charge is 0.150 e. The van der Waals surface area contributed by atoms with Crippen LogP contribution in [0.5, 0.6) is 0 Å². The Morgan fingerprint density at radius 2 is 1.50 bits per heavy atom. The molecule has 0 fully saturated rings. The molecule has 0 aliphatic rings. The van der Waals surface area contributed by atoms with E-state index in [1.807, 2.05) is 48.5 Å². The number of nitrogens with one attached hydrogen (secondary N) is 1. The van der Waals surface area contributed by atoms with E-state index in [1.54, 1.807) is 6.33 Å². The summed E-state index contributed by atoms with van der Waals surface area (Å²) < 4.78 is 0. The van der Waals surface area contributed by atoms with Crippen LogP contribution in [-0.4, -0.2) is 15.2 Å². The van der Waals surface area contributed by atoms with Gasteiger partial charge >= 0.3 is 0 Å². The molecule has 3 aromatic rings. The van der Waals surface area contributed by atoms with Gasteiger partial charge in [0.15, 0.2) is 5.82 Å². The van der Waals surface area contributed by atoms with Gasteiger partial charge in [-0.15, -0.1) is 0 Å². The Morgan fingerprint density at radius 1 is 0.875 bits per heavy atom. The van der Waals surface area contributed by atoms with Crippen molar-refractivity contribution in [2.45, 2.75) is 18.8 Å². The van der Waals surface area contributed by atoms with Gasteiger partial charge in [-0.05, 0) is 47.7 Å². The van der Waals surface area contributed by atoms with Crippen LogP contribution in [0.1, 0.15) is 34.0 Å². The third-order valence-corrected chi connectivity index (χ3v) is 3.97. The maximum Gasteiger partial charge on any atom is 0.150 e. The van der Waals surface area contributed by atoms with Crippen molar-refractivity contribution in [2.75, 3.05) is 0 Å². The Morgan fingerprint density at radius 3 is 2.04 bits per heavy atom. The van der Waals surface area contributed by atoms with Crippen LogP contribution < -0.4 is 0 Å². The second-order valence-electron chi connectivity index (χ2n) is 5.56. The van der Waals surface area contributed by atoms with E-state index in [0.29, 0.717) is 17.5 Å². The quantitative estimate of drug-likeness (QED) is 0.783. The van der Waals surface area contributed by atoms with E-state index in [0.717, 1.165) is 23.4 Å². The monoisotopic (exact) mass is 313 g/mol. The lowest BCUT2D eigenvalue weighted by Gasteiger charge is -2.16. The van der Waals surface area contributed by atoms with Gasteiger partial charge in [0.2, 0.25) is 0 Å². The summed E-state index contributed by atoms with van der Waals surface area (Å²) in [5.41, 5.74) is 3.60. The van der Waals surface area contributed by atoms with E-state index in [-0.39, 0.29) is 5.92 Å². The summed E-state index contributed by atoms with van der Waals surface area (Å²) in [6.45, 7) is 0. The highest BCUT2D eigenvalue weighted by molar-refractivity contribution is 5.36. The van der Waals surface area contributed by atoms with Crippen LogP contribution in [0.3, 0.4) is 0 Å². The summed E-state index contributed by atoms with van der Waals surface area (Å²) in [6.07, 6.45) is 3.09. The molecule has 2 aromatic carbocycles. The van der Waals surface area contributed by atoms with Gasteiger partial charge in [-0.3, -0.25) is 5.10 Å². The molecule has 0 saturated heterocycles. The fourth-order valence-electron chi connectivity index (χ4n) is 2.69. The molecule has 0 aliphatic heterocycles. The van der Waals surface area contributed by atoms with Crippen LogP contribution >= 0.6 is 0 Å². The first-order valence-corrected chi connectivity index (χ1v) is 7.62. The number of benzene rings is 2. The normalized spacial score (nSPS) is 11.4. The average Bonchev–Trinajstić information content (AvgIpc) is 3.15. The highest BCUT2D eigenvalue weighted by atomic mass is 15.2. The van der Waals surface area contributed by atoms with Crippen molar-refractivity contribution in [1.82, 2.24) is 15.2 Å². The molecule has 1 N–H and O–H groups in total. The lowest BCUT2D eigenvalue weighted by molar-refractivity contribution is 0.655. The summed E-state index contributed by atoms with van der Waals surface area (Å²) in [7, 11) is 0. The average molecular weight is 313 g/mol. The van der Waals surface area contributed by atoms with Crippen LogP contribution in [0.4, 0.5) is 0 Å². The Balaban J connectivity index is 1.85. The molecule has 1 heterocycles. The molecule has 0 aliphatic carbocycles. The zero-order valence-electron chi connectivity index (χ0n) is 13.0. The minimum atomic E-state index is 0.196.